The zero-order valence-electron chi connectivity index (χ0n) is 12.7. The van der Waals surface area contributed by atoms with Crippen molar-refractivity contribution >= 4 is 23.2 Å². The summed E-state index contributed by atoms with van der Waals surface area (Å²) in [6.45, 7) is 0. The lowest BCUT2D eigenvalue weighted by atomic mass is 9.93. The molecule has 0 unspecified atom stereocenters. The van der Waals surface area contributed by atoms with E-state index in [0.717, 1.165) is 5.56 Å². The Kier molecular flexibility index (Phi) is 4.96. The van der Waals surface area contributed by atoms with E-state index in [0.29, 0.717) is 16.5 Å². The molecule has 0 fully saturated rings. The third-order valence-electron chi connectivity index (χ3n) is 3.68. The molecule has 3 rings (SSSR count). The van der Waals surface area contributed by atoms with Crippen molar-refractivity contribution < 1.29 is 13.6 Å². The van der Waals surface area contributed by atoms with Gasteiger partial charge in [0.1, 0.15) is 11.6 Å². The first-order valence-electron chi connectivity index (χ1n) is 7.46. The minimum atomic E-state index is -0.317. The van der Waals surface area contributed by atoms with E-state index in [1.807, 2.05) is 6.07 Å². The van der Waals surface area contributed by atoms with Gasteiger partial charge >= 0.3 is 0 Å². The molecule has 1 amide bonds. The quantitative estimate of drug-likeness (QED) is 0.689. The van der Waals surface area contributed by atoms with Crippen LogP contribution in [0.1, 0.15) is 23.7 Å². The molecule has 0 aliphatic heterocycles. The lowest BCUT2D eigenvalue weighted by Gasteiger charge is -2.15. The molecule has 1 heterocycles. The highest BCUT2D eigenvalue weighted by Crippen LogP contribution is 2.29. The zero-order valence-corrected chi connectivity index (χ0v) is 13.5. The highest BCUT2D eigenvalue weighted by molar-refractivity contribution is 6.30. The molecule has 24 heavy (non-hydrogen) atoms. The number of amides is 1. The van der Waals surface area contributed by atoms with Crippen LogP contribution in [0.3, 0.4) is 0 Å². The van der Waals surface area contributed by atoms with Crippen molar-refractivity contribution in [1.82, 2.24) is 0 Å². The molecule has 5 heteroatoms. The minimum absolute atomic E-state index is 0.164. The normalized spacial score (nSPS) is 11.9. The molecule has 0 radical (unpaired) electrons. The molecule has 0 aliphatic carbocycles. The number of carbonyl (C=O) groups excluding carboxylic acids is 1. The summed E-state index contributed by atoms with van der Waals surface area (Å²) in [7, 11) is 0. The fourth-order valence-corrected chi connectivity index (χ4v) is 2.62. The summed E-state index contributed by atoms with van der Waals surface area (Å²) in [5, 5.41) is 3.43. The van der Waals surface area contributed by atoms with Gasteiger partial charge in [0.05, 0.1) is 12.2 Å². The standard InChI is InChI=1S/C19H15ClFNO2/c20-14-5-9-16(10-6-14)22-19(23)12-17(18-2-1-11-24-18)13-3-7-15(21)8-4-13/h1-11,17H,12H2,(H,22,23)/t17-/m1/s1. The van der Waals surface area contributed by atoms with Crippen LogP contribution in [0.2, 0.25) is 5.02 Å². The molecule has 0 bridgehead atoms. The predicted molar refractivity (Wildman–Crippen MR) is 91.6 cm³/mol. The summed E-state index contributed by atoms with van der Waals surface area (Å²) in [6, 6.07) is 16.6. The number of hydrogen-bond donors (Lipinski definition) is 1. The Balaban J connectivity index is 1.77. The lowest BCUT2D eigenvalue weighted by Crippen LogP contribution is -2.16. The smallest absolute Gasteiger partial charge is 0.225 e. The van der Waals surface area contributed by atoms with Gasteiger partial charge in [0.2, 0.25) is 5.91 Å². The maximum absolute atomic E-state index is 13.2. The molecule has 3 aromatic rings. The number of furan rings is 1. The van der Waals surface area contributed by atoms with Crippen LogP contribution in [-0.4, -0.2) is 5.91 Å². The van der Waals surface area contributed by atoms with Gasteiger partial charge in [0.15, 0.2) is 0 Å². The number of hydrogen-bond acceptors (Lipinski definition) is 2. The van der Waals surface area contributed by atoms with Gasteiger partial charge in [-0.1, -0.05) is 23.7 Å². The van der Waals surface area contributed by atoms with Crippen LogP contribution in [0, 0.1) is 5.82 Å². The molecule has 0 saturated carbocycles. The van der Waals surface area contributed by atoms with Crippen molar-refractivity contribution in [3.05, 3.63) is 89.1 Å². The molecule has 122 valence electrons. The van der Waals surface area contributed by atoms with Crippen LogP contribution in [0.15, 0.2) is 71.3 Å². The zero-order chi connectivity index (χ0) is 16.9. The number of rotatable bonds is 5. The highest BCUT2D eigenvalue weighted by atomic mass is 35.5. The molecule has 1 N–H and O–H groups in total. The van der Waals surface area contributed by atoms with E-state index in [1.54, 1.807) is 48.7 Å². The molecule has 3 nitrogen and oxygen atoms in total. The van der Waals surface area contributed by atoms with Gasteiger partial charge in [0.25, 0.3) is 0 Å². The average molecular weight is 344 g/mol. The molecule has 0 saturated heterocycles. The van der Waals surface area contributed by atoms with E-state index in [1.165, 1.54) is 12.1 Å². The second-order valence-corrected chi connectivity index (χ2v) is 5.82. The first-order valence-corrected chi connectivity index (χ1v) is 7.84. The summed E-state index contributed by atoms with van der Waals surface area (Å²) in [5.41, 5.74) is 1.49. The Labute approximate surface area is 144 Å². The van der Waals surface area contributed by atoms with E-state index in [-0.39, 0.29) is 24.1 Å². The van der Waals surface area contributed by atoms with Crippen molar-refractivity contribution in [2.45, 2.75) is 12.3 Å². The minimum Gasteiger partial charge on any atom is -0.469 e. The number of carbonyl (C=O) groups is 1. The van der Waals surface area contributed by atoms with Crippen LogP contribution in [-0.2, 0) is 4.79 Å². The third-order valence-corrected chi connectivity index (χ3v) is 3.93. The van der Waals surface area contributed by atoms with Gasteiger partial charge in [-0.05, 0) is 54.1 Å². The molecule has 1 atom stereocenters. The number of nitrogens with one attached hydrogen (secondary N) is 1. The summed E-state index contributed by atoms with van der Waals surface area (Å²) < 4.78 is 18.6. The maximum Gasteiger partial charge on any atom is 0.225 e. The molecule has 0 spiro atoms. The van der Waals surface area contributed by atoms with Crippen molar-refractivity contribution in [3.63, 3.8) is 0 Å². The van der Waals surface area contributed by atoms with Crippen molar-refractivity contribution in [1.29, 1.82) is 0 Å². The number of benzene rings is 2. The lowest BCUT2D eigenvalue weighted by molar-refractivity contribution is -0.116. The van der Waals surface area contributed by atoms with E-state index in [4.69, 9.17) is 16.0 Å². The van der Waals surface area contributed by atoms with Crippen molar-refractivity contribution in [2.24, 2.45) is 0 Å². The van der Waals surface area contributed by atoms with E-state index < -0.39 is 0 Å². The average Bonchev–Trinajstić information content (AvgIpc) is 3.10. The summed E-state index contributed by atoms with van der Waals surface area (Å²) in [5.74, 6) is -0.105. The molecule has 2 aromatic carbocycles. The van der Waals surface area contributed by atoms with Crippen LogP contribution in [0.25, 0.3) is 0 Å². The second kappa shape index (κ2) is 7.32. The first-order chi connectivity index (χ1) is 11.6. The van der Waals surface area contributed by atoms with Crippen molar-refractivity contribution in [2.75, 3.05) is 5.32 Å². The van der Waals surface area contributed by atoms with Crippen LogP contribution < -0.4 is 5.32 Å². The van der Waals surface area contributed by atoms with Gasteiger partial charge in [-0.3, -0.25) is 4.79 Å². The van der Waals surface area contributed by atoms with Gasteiger partial charge in [-0.25, -0.2) is 4.39 Å². The van der Waals surface area contributed by atoms with Gasteiger partial charge in [0, 0.05) is 17.1 Å². The van der Waals surface area contributed by atoms with Gasteiger partial charge in [-0.2, -0.15) is 0 Å². The third kappa shape index (κ3) is 4.03. The molecule has 0 aliphatic rings. The first kappa shape index (κ1) is 16.3. The van der Waals surface area contributed by atoms with Crippen LogP contribution in [0.5, 0.6) is 0 Å². The van der Waals surface area contributed by atoms with Crippen LogP contribution >= 0.6 is 11.6 Å². The molecular formula is C19H15ClFNO2. The second-order valence-electron chi connectivity index (χ2n) is 5.38. The number of halogens is 2. The Hall–Kier alpha value is -2.59. The Bertz CT molecular complexity index is 798. The van der Waals surface area contributed by atoms with E-state index in [2.05, 4.69) is 5.32 Å². The molecule has 1 aromatic heterocycles. The van der Waals surface area contributed by atoms with Crippen LogP contribution in [0.4, 0.5) is 10.1 Å². The Morgan fingerprint density at radius 3 is 2.42 bits per heavy atom. The van der Waals surface area contributed by atoms with Crippen molar-refractivity contribution in [3.8, 4) is 0 Å². The summed E-state index contributed by atoms with van der Waals surface area (Å²) in [4.78, 5) is 12.4. The van der Waals surface area contributed by atoms with Gasteiger partial charge < -0.3 is 9.73 Å². The fourth-order valence-electron chi connectivity index (χ4n) is 2.50. The Morgan fingerprint density at radius 2 is 1.79 bits per heavy atom. The summed E-state index contributed by atoms with van der Waals surface area (Å²) in [6.07, 6.45) is 1.74. The molecular weight excluding hydrogens is 329 g/mol. The number of anilines is 1. The summed E-state index contributed by atoms with van der Waals surface area (Å²) >= 11 is 5.84. The van der Waals surface area contributed by atoms with Gasteiger partial charge in [-0.15, -0.1) is 0 Å². The largest absolute Gasteiger partial charge is 0.469 e. The SMILES string of the molecule is O=C(C[C@H](c1ccc(F)cc1)c1ccco1)Nc1ccc(Cl)cc1. The monoisotopic (exact) mass is 343 g/mol. The topological polar surface area (TPSA) is 42.2 Å². The predicted octanol–water partition coefficient (Wildman–Crippen LogP) is 5.23. The maximum atomic E-state index is 13.2. The van der Waals surface area contributed by atoms with E-state index in [9.17, 15) is 9.18 Å². The highest BCUT2D eigenvalue weighted by Gasteiger charge is 2.21. The van der Waals surface area contributed by atoms with E-state index >= 15 is 0 Å². The Morgan fingerprint density at radius 1 is 1.08 bits per heavy atom. The fraction of sp³-hybridized carbons (Fsp3) is 0.105.